The van der Waals surface area contributed by atoms with Crippen LogP contribution in [0, 0.1) is 0 Å². The van der Waals surface area contributed by atoms with Crippen molar-refractivity contribution < 1.29 is 4.79 Å². The average Bonchev–Trinajstić information content (AvgIpc) is 2.90. The Bertz CT molecular complexity index is 1430. The lowest BCUT2D eigenvalue weighted by Gasteiger charge is -2.34. The first kappa shape index (κ1) is 24.7. The summed E-state index contributed by atoms with van der Waals surface area (Å²) in [6.07, 6.45) is 1.24. The number of nitrogens with one attached hydrogen (secondary N) is 3. The number of piperazine rings is 1. The second kappa shape index (κ2) is 11.0. The fourth-order valence-corrected chi connectivity index (χ4v) is 4.57. The predicted octanol–water partition coefficient (Wildman–Crippen LogP) is 5.76. The second-order valence-corrected chi connectivity index (χ2v) is 9.83. The molecular weight excluding hydrogens is 530 g/mol. The molecule has 1 aliphatic rings. The van der Waals surface area contributed by atoms with Gasteiger partial charge in [0.05, 0.1) is 5.52 Å². The Morgan fingerprint density at radius 1 is 0.919 bits per heavy atom. The van der Waals surface area contributed by atoms with Gasteiger partial charge in [0, 0.05) is 58.8 Å². The summed E-state index contributed by atoms with van der Waals surface area (Å²) in [7, 11) is 2.16. The van der Waals surface area contributed by atoms with Crippen LogP contribution in [-0.4, -0.2) is 54.0 Å². The number of amides is 1. The Hall–Kier alpha value is -3.95. The molecule has 188 valence electrons. The Kier molecular flexibility index (Phi) is 7.34. The monoisotopic (exact) mass is 557 g/mol. The molecule has 0 radical (unpaired) electrons. The molecule has 1 aliphatic heterocycles. The zero-order chi connectivity index (χ0) is 25.8. The normalized spacial score (nSPS) is 13.8. The van der Waals surface area contributed by atoms with E-state index in [-0.39, 0.29) is 5.91 Å². The van der Waals surface area contributed by atoms with E-state index in [1.165, 1.54) is 11.8 Å². The van der Waals surface area contributed by atoms with Crippen molar-refractivity contribution in [2.75, 3.05) is 54.1 Å². The highest BCUT2D eigenvalue weighted by atomic mass is 79.9. The maximum atomic E-state index is 11.7. The van der Waals surface area contributed by atoms with E-state index in [2.05, 4.69) is 79.6 Å². The molecule has 1 amide bonds. The van der Waals surface area contributed by atoms with Gasteiger partial charge in [-0.1, -0.05) is 28.6 Å². The molecule has 5 rings (SSSR count). The van der Waals surface area contributed by atoms with Gasteiger partial charge in [-0.3, -0.25) is 4.79 Å². The molecular formula is C28H28BrN7O. The first-order valence-electron chi connectivity index (χ1n) is 12.1. The third-order valence-corrected chi connectivity index (χ3v) is 6.72. The molecule has 0 bridgehead atoms. The number of nitrogens with zero attached hydrogens (tertiary/aromatic N) is 4. The van der Waals surface area contributed by atoms with Crippen LogP contribution in [0.15, 0.2) is 83.9 Å². The van der Waals surface area contributed by atoms with Crippen LogP contribution >= 0.6 is 15.9 Å². The summed E-state index contributed by atoms with van der Waals surface area (Å²) >= 11 is 3.55. The molecule has 2 heterocycles. The van der Waals surface area contributed by atoms with Crippen LogP contribution in [0.1, 0.15) is 0 Å². The highest BCUT2D eigenvalue weighted by molar-refractivity contribution is 9.10. The number of likely N-dealkylation sites (N-methyl/N-ethyl adjacent to an activating group) is 1. The average molecular weight is 558 g/mol. The number of rotatable bonds is 7. The van der Waals surface area contributed by atoms with Gasteiger partial charge in [0.2, 0.25) is 11.9 Å². The molecule has 0 aliphatic carbocycles. The van der Waals surface area contributed by atoms with Gasteiger partial charge in [0.15, 0.2) is 0 Å². The van der Waals surface area contributed by atoms with Crippen LogP contribution in [0.2, 0.25) is 0 Å². The SMILES string of the molecule is C=CC(=O)Nc1cccc(Nc2nc(Nc3ccc(N4CCN(C)CC4)cc3)nc3ccc(Br)cc23)c1. The van der Waals surface area contributed by atoms with Crippen molar-refractivity contribution >= 4 is 67.3 Å². The third kappa shape index (κ3) is 6.07. The van der Waals surface area contributed by atoms with Crippen molar-refractivity contribution in [1.29, 1.82) is 0 Å². The molecule has 0 spiro atoms. The highest BCUT2D eigenvalue weighted by Gasteiger charge is 2.14. The maximum Gasteiger partial charge on any atom is 0.247 e. The van der Waals surface area contributed by atoms with Crippen LogP contribution < -0.4 is 20.9 Å². The minimum Gasteiger partial charge on any atom is -0.369 e. The van der Waals surface area contributed by atoms with Crippen molar-refractivity contribution in [2.24, 2.45) is 0 Å². The van der Waals surface area contributed by atoms with E-state index in [9.17, 15) is 4.79 Å². The van der Waals surface area contributed by atoms with Crippen molar-refractivity contribution in [3.63, 3.8) is 0 Å². The topological polar surface area (TPSA) is 85.4 Å². The van der Waals surface area contributed by atoms with E-state index >= 15 is 0 Å². The first-order chi connectivity index (χ1) is 18.0. The van der Waals surface area contributed by atoms with E-state index in [0.29, 0.717) is 17.5 Å². The second-order valence-electron chi connectivity index (χ2n) is 8.92. The lowest BCUT2D eigenvalue weighted by Crippen LogP contribution is -2.44. The summed E-state index contributed by atoms with van der Waals surface area (Å²) in [5.74, 6) is 0.870. The van der Waals surface area contributed by atoms with Crippen LogP contribution in [-0.2, 0) is 4.79 Å². The summed E-state index contributed by atoms with van der Waals surface area (Å²) < 4.78 is 0.929. The number of fused-ring (bicyclic) bond motifs is 1. The van der Waals surface area contributed by atoms with Gasteiger partial charge in [-0.25, -0.2) is 4.98 Å². The number of hydrogen-bond donors (Lipinski definition) is 3. The minimum atomic E-state index is -0.265. The molecule has 1 aromatic heterocycles. The lowest BCUT2D eigenvalue weighted by atomic mass is 10.2. The predicted molar refractivity (Wildman–Crippen MR) is 155 cm³/mol. The Morgan fingerprint density at radius 2 is 1.68 bits per heavy atom. The van der Waals surface area contributed by atoms with E-state index in [1.807, 2.05) is 42.5 Å². The maximum absolute atomic E-state index is 11.7. The zero-order valence-electron chi connectivity index (χ0n) is 20.5. The van der Waals surface area contributed by atoms with E-state index < -0.39 is 0 Å². The molecule has 0 unspecified atom stereocenters. The summed E-state index contributed by atoms with van der Waals surface area (Å²) in [4.78, 5) is 26.0. The molecule has 1 saturated heterocycles. The fraction of sp³-hybridized carbons (Fsp3) is 0.179. The van der Waals surface area contributed by atoms with Crippen molar-refractivity contribution in [1.82, 2.24) is 14.9 Å². The minimum absolute atomic E-state index is 0.265. The van der Waals surface area contributed by atoms with Crippen molar-refractivity contribution in [3.05, 3.63) is 83.9 Å². The standard InChI is InChI=1S/C28H28BrN7O/c1-3-26(37)30-21-5-4-6-22(18-21)31-27-24-17-19(29)7-12-25(24)33-28(34-27)32-20-8-10-23(11-9-20)36-15-13-35(2)14-16-36/h3-12,17-18H,1,13-16H2,2H3,(H,30,37)(H2,31,32,33,34). The number of benzene rings is 3. The molecule has 37 heavy (non-hydrogen) atoms. The summed E-state index contributed by atoms with van der Waals surface area (Å²) in [5, 5.41) is 10.4. The van der Waals surface area contributed by atoms with E-state index in [0.717, 1.165) is 52.9 Å². The Balaban J connectivity index is 1.40. The quantitative estimate of drug-likeness (QED) is 0.249. The molecule has 9 heteroatoms. The van der Waals surface area contributed by atoms with Gasteiger partial charge in [-0.2, -0.15) is 4.98 Å². The van der Waals surface area contributed by atoms with Gasteiger partial charge in [-0.05, 0) is 73.8 Å². The lowest BCUT2D eigenvalue weighted by molar-refractivity contribution is -0.111. The molecule has 4 aromatic rings. The van der Waals surface area contributed by atoms with Crippen molar-refractivity contribution in [3.8, 4) is 0 Å². The van der Waals surface area contributed by atoms with Crippen LogP contribution in [0.4, 0.5) is 34.5 Å². The van der Waals surface area contributed by atoms with Gasteiger partial charge in [0.25, 0.3) is 0 Å². The largest absolute Gasteiger partial charge is 0.369 e. The first-order valence-corrected chi connectivity index (χ1v) is 12.8. The third-order valence-electron chi connectivity index (χ3n) is 6.23. The number of hydrogen-bond acceptors (Lipinski definition) is 7. The highest BCUT2D eigenvalue weighted by Crippen LogP contribution is 2.30. The summed E-state index contributed by atoms with van der Waals surface area (Å²) in [5.41, 5.74) is 4.37. The van der Waals surface area contributed by atoms with Crippen LogP contribution in [0.5, 0.6) is 0 Å². The number of carbonyl (C=O) groups excluding carboxylic acids is 1. The number of aromatic nitrogens is 2. The molecule has 1 fully saturated rings. The van der Waals surface area contributed by atoms with E-state index in [1.54, 1.807) is 0 Å². The fourth-order valence-electron chi connectivity index (χ4n) is 4.21. The zero-order valence-corrected chi connectivity index (χ0v) is 22.1. The summed E-state index contributed by atoms with van der Waals surface area (Å²) in [6.45, 7) is 7.70. The van der Waals surface area contributed by atoms with Crippen LogP contribution in [0.25, 0.3) is 10.9 Å². The molecule has 0 saturated carbocycles. The smallest absolute Gasteiger partial charge is 0.247 e. The molecule has 8 nitrogen and oxygen atoms in total. The number of anilines is 6. The van der Waals surface area contributed by atoms with Crippen LogP contribution in [0.3, 0.4) is 0 Å². The van der Waals surface area contributed by atoms with Gasteiger partial charge >= 0.3 is 0 Å². The number of halogens is 1. The molecule has 3 N–H and O–H groups in total. The Morgan fingerprint density at radius 3 is 2.43 bits per heavy atom. The molecule has 3 aromatic carbocycles. The van der Waals surface area contributed by atoms with Crippen molar-refractivity contribution in [2.45, 2.75) is 0 Å². The molecule has 0 atom stereocenters. The van der Waals surface area contributed by atoms with E-state index in [4.69, 9.17) is 9.97 Å². The van der Waals surface area contributed by atoms with Gasteiger partial charge < -0.3 is 25.8 Å². The Labute approximate surface area is 224 Å². The van der Waals surface area contributed by atoms with Gasteiger partial charge in [-0.15, -0.1) is 0 Å². The summed E-state index contributed by atoms with van der Waals surface area (Å²) in [6, 6.07) is 21.7. The number of carbonyl (C=O) groups is 1. The van der Waals surface area contributed by atoms with Gasteiger partial charge in [0.1, 0.15) is 5.82 Å².